The van der Waals surface area contributed by atoms with Crippen LogP contribution in [0, 0.1) is 0 Å². The molecule has 0 bridgehead atoms. The monoisotopic (exact) mass is 213 g/mol. The lowest BCUT2D eigenvalue weighted by Gasteiger charge is -2.13. The largest absolute Gasteiger partial charge is 0.316 e. The van der Waals surface area contributed by atoms with Gasteiger partial charge >= 0.3 is 0 Å². The van der Waals surface area contributed by atoms with Gasteiger partial charge in [-0.3, -0.25) is 0 Å². The highest BCUT2D eigenvalue weighted by molar-refractivity contribution is 6.31. The van der Waals surface area contributed by atoms with E-state index < -0.39 is 6.67 Å². The van der Waals surface area contributed by atoms with Crippen LogP contribution in [-0.2, 0) is 6.67 Å². The molecule has 1 unspecified atom stereocenters. The maximum atomic E-state index is 12.8. The van der Waals surface area contributed by atoms with Crippen LogP contribution in [0.15, 0.2) is 18.2 Å². The van der Waals surface area contributed by atoms with Gasteiger partial charge in [-0.15, -0.1) is 0 Å². The number of hydrogen-bond acceptors (Lipinski definition) is 1. The molecular formula is C11H13ClFN. The standard InChI is InChI=1S/C11H13ClFN/c12-11-3-1-2-9(10(11)6-13)8-4-5-14-7-8/h1-3,8,14H,4-7H2. The molecule has 2 rings (SSSR count). The maximum Gasteiger partial charge on any atom is 0.116 e. The van der Waals surface area contributed by atoms with Crippen molar-refractivity contribution in [1.82, 2.24) is 5.32 Å². The van der Waals surface area contributed by atoms with Gasteiger partial charge in [0.2, 0.25) is 0 Å². The van der Waals surface area contributed by atoms with E-state index in [0.717, 1.165) is 25.1 Å². The molecule has 1 saturated heterocycles. The molecule has 1 nitrogen and oxygen atoms in total. The number of halogens is 2. The number of hydrogen-bond donors (Lipinski definition) is 1. The molecule has 1 aliphatic heterocycles. The summed E-state index contributed by atoms with van der Waals surface area (Å²) in [6.07, 6.45) is 1.08. The summed E-state index contributed by atoms with van der Waals surface area (Å²) < 4.78 is 12.8. The highest BCUT2D eigenvalue weighted by atomic mass is 35.5. The molecule has 0 spiro atoms. The zero-order chi connectivity index (χ0) is 9.97. The summed E-state index contributed by atoms with van der Waals surface area (Å²) in [7, 11) is 0. The topological polar surface area (TPSA) is 12.0 Å². The molecule has 1 aromatic carbocycles. The van der Waals surface area contributed by atoms with Crippen LogP contribution in [0.2, 0.25) is 5.02 Å². The van der Waals surface area contributed by atoms with Crippen molar-refractivity contribution < 1.29 is 4.39 Å². The second-order valence-electron chi connectivity index (χ2n) is 3.63. The van der Waals surface area contributed by atoms with Crippen LogP contribution >= 0.6 is 11.6 Å². The van der Waals surface area contributed by atoms with E-state index in [1.54, 1.807) is 6.07 Å². The fourth-order valence-corrected chi connectivity index (χ4v) is 2.25. The van der Waals surface area contributed by atoms with Crippen LogP contribution < -0.4 is 5.32 Å². The van der Waals surface area contributed by atoms with E-state index >= 15 is 0 Å². The summed E-state index contributed by atoms with van der Waals surface area (Å²) in [5.74, 6) is 0.430. The highest BCUT2D eigenvalue weighted by Crippen LogP contribution is 2.30. The summed E-state index contributed by atoms with van der Waals surface area (Å²) in [6, 6.07) is 5.63. The maximum absolute atomic E-state index is 12.8. The Hall–Kier alpha value is -0.600. The molecule has 1 aliphatic rings. The molecule has 1 N–H and O–H groups in total. The minimum Gasteiger partial charge on any atom is -0.316 e. The van der Waals surface area contributed by atoms with Crippen molar-refractivity contribution in [2.75, 3.05) is 13.1 Å². The first-order valence-electron chi connectivity index (χ1n) is 4.87. The summed E-state index contributed by atoms with van der Waals surface area (Å²) in [5, 5.41) is 3.83. The average Bonchev–Trinajstić information content (AvgIpc) is 2.70. The molecule has 0 aliphatic carbocycles. The Morgan fingerprint density at radius 3 is 3.00 bits per heavy atom. The summed E-state index contributed by atoms with van der Waals surface area (Å²) in [5.41, 5.74) is 1.74. The molecule has 0 radical (unpaired) electrons. The first kappa shape index (κ1) is 9.94. The van der Waals surface area contributed by atoms with Gasteiger partial charge in [0, 0.05) is 17.1 Å². The number of alkyl halides is 1. The molecule has 1 heterocycles. The van der Waals surface area contributed by atoms with Crippen LogP contribution in [0.5, 0.6) is 0 Å². The third-order valence-electron chi connectivity index (χ3n) is 2.79. The summed E-state index contributed by atoms with van der Waals surface area (Å²) >= 11 is 5.95. The Kier molecular flexibility index (Phi) is 3.04. The van der Waals surface area contributed by atoms with Crippen LogP contribution in [-0.4, -0.2) is 13.1 Å². The normalized spacial score (nSPS) is 21.4. The van der Waals surface area contributed by atoms with Gasteiger partial charge in [0.05, 0.1) is 0 Å². The summed E-state index contributed by atoms with van der Waals surface area (Å²) in [6.45, 7) is 1.49. The molecule has 1 aromatic rings. The van der Waals surface area contributed by atoms with E-state index in [2.05, 4.69) is 5.32 Å². The van der Waals surface area contributed by atoms with E-state index in [9.17, 15) is 4.39 Å². The van der Waals surface area contributed by atoms with Crippen molar-refractivity contribution >= 4 is 11.6 Å². The molecule has 14 heavy (non-hydrogen) atoms. The van der Waals surface area contributed by atoms with E-state index in [-0.39, 0.29) is 0 Å². The smallest absolute Gasteiger partial charge is 0.116 e. The lowest BCUT2D eigenvalue weighted by Crippen LogP contribution is -2.09. The molecule has 1 fully saturated rings. The van der Waals surface area contributed by atoms with Gasteiger partial charge < -0.3 is 5.32 Å². The fraction of sp³-hybridized carbons (Fsp3) is 0.455. The van der Waals surface area contributed by atoms with Crippen LogP contribution in [0.25, 0.3) is 0 Å². The van der Waals surface area contributed by atoms with Crippen LogP contribution in [0.3, 0.4) is 0 Å². The predicted molar refractivity (Wildman–Crippen MR) is 56.5 cm³/mol. The van der Waals surface area contributed by atoms with Crippen LogP contribution in [0.1, 0.15) is 23.5 Å². The van der Waals surface area contributed by atoms with Crippen LogP contribution in [0.4, 0.5) is 4.39 Å². The fourth-order valence-electron chi connectivity index (χ4n) is 2.02. The second-order valence-corrected chi connectivity index (χ2v) is 4.04. The Bertz CT molecular complexity index is 321. The van der Waals surface area contributed by atoms with Gasteiger partial charge in [-0.2, -0.15) is 0 Å². The number of rotatable bonds is 2. The molecule has 0 saturated carbocycles. The molecule has 0 amide bonds. The SMILES string of the molecule is FCc1c(Cl)cccc1C1CCNC1. The average molecular weight is 214 g/mol. The van der Waals surface area contributed by atoms with Gasteiger partial charge in [-0.25, -0.2) is 4.39 Å². The van der Waals surface area contributed by atoms with Crippen molar-refractivity contribution in [3.8, 4) is 0 Å². The van der Waals surface area contributed by atoms with Gasteiger partial charge in [0.15, 0.2) is 0 Å². The Labute approximate surface area is 88.3 Å². The third-order valence-corrected chi connectivity index (χ3v) is 3.14. The van der Waals surface area contributed by atoms with Gasteiger partial charge in [-0.1, -0.05) is 23.7 Å². The summed E-state index contributed by atoms with van der Waals surface area (Å²) in [4.78, 5) is 0. The Morgan fingerprint density at radius 2 is 2.36 bits per heavy atom. The molecular weight excluding hydrogens is 201 g/mol. The van der Waals surface area contributed by atoms with Crippen molar-refractivity contribution in [2.24, 2.45) is 0 Å². The minimum absolute atomic E-state index is 0.430. The Balaban J connectivity index is 2.35. The van der Waals surface area contributed by atoms with Gasteiger partial charge in [0.25, 0.3) is 0 Å². The molecule has 3 heteroatoms. The number of nitrogens with one attached hydrogen (secondary N) is 1. The lowest BCUT2D eigenvalue weighted by atomic mass is 9.94. The first-order chi connectivity index (χ1) is 6.83. The van der Waals surface area contributed by atoms with Gasteiger partial charge in [-0.05, 0) is 30.5 Å². The minimum atomic E-state index is -0.467. The Morgan fingerprint density at radius 1 is 1.50 bits per heavy atom. The predicted octanol–water partition coefficient (Wildman–Crippen LogP) is 2.89. The molecule has 0 aromatic heterocycles. The van der Waals surface area contributed by atoms with Crippen molar-refractivity contribution in [3.63, 3.8) is 0 Å². The van der Waals surface area contributed by atoms with E-state index in [1.807, 2.05) is 12.1 Å². The zero-order valence-electron chi connectivity index (χ0n) is 7.89. The van der Waals surface area contributed by atoms with Crippen molar-refractivity contribution in [3.05, 3.63) is 34.3 Å². The van der Waals surface area contributed by atoms with E-state index in [4.69, 9.17) is 11.6 Å². The second kappa shape index (κ2) is 4.28. The zero-order valence-corrected chi connectivity index (χ0v) is 8.65. The van der Waals surface area contributed by atoms with E-state index in [0.29, 0.717) is 16.5 Å². The molecule has 1 atom stereocenters. The van der Waals surface area contributed by atoms with Crippen molar-refractivity contribution in [2.45, 2.75) is 19.0 Å². The lowest BCUT2D eigenvalue weighted by molar-refractivity contribution is 0.480. The first-order valence-corrected chi connectivity index (χ1v) is 5.24. The van der Waals surface area contributed by atoms with E-state index in [1.165, 1.54) is 0 Å². The third kappa shape index (κ3) is 1.77. The van der Waals surface area contributed by atoms with Crippen molar-refractivity contribution in [1.29, 1.82) is 0 Å². The quantitative estimate of drug-likeness (QED) is 0.797. The number of benzene rings is 1. The molecule has 76 valence electrons. The highest BCUT2D eigenvalue weighted by Gasteiger charge is 2.20. The van der Waals surface area contributed by atoms with Gasteiger partial charge in [0.1, 0.15) is 6.67 Å².